The number of hydrogen-bond acceptors (Lipinski definition) is 4. The van der Waals surface area contributed by atoms with E-state index < -0.39 is 0 Å². The Morgan fingerprint density at radius 1 is 1.22 bits per heavy atom. The summed E-state index contributed by atoms with van der Waals surface area (Å²) in [6.07, 6.45) is 0.952. The van der Waals surface area contributed by atoms with Crippen molar-refractivity contribution in [1.82, 2.24) is 4.98 Å². The minimum atomic E-state index is -0.225. The van der Waals surface area contributed by atoms with E-state index in [-0.39, 0.29) is 17.9 Å². The van der Waals surface area contributed by atoms with Crippen molar-refractivity contribution in [1.29, 1.82) is 0 Å². The van der Waals surface area contributed by atoms with E-state index in [1.807, 2.05) is 24.3 Å². The zero-order chi connectivity index (χ0) is 19.6. The molecule has 0 unspecified atom stereocenters. The summed E-state index contributed by atoms with van der Waals surface area (Å²) in [5, 5.41) is 3.42. The lowest BCUT2D eigenvalue weighted by atomic mass is 9.87. The third kappa shape index (κ3) is 4.87. The Morgan fingerprint density at radius 3 is 2.67 bits per heavy atom. The lowest BCUT2D eigenvalue weighted by molar-refractivity contribution is -0.118. The number of nitrogens with zero attached hydrogens (tertiary/aromatic N) is 1. The lowest BCUT2D eigenvalue weighted by Crippen LogP contribution is -2.20. The van der Waals surface area contributed by atoms with Gasteiger partial charge in [-0.15, -0.1) is 0 Å². The first-order valence-corrected chi connectivity index (χ1v) is 10.5. The zero-order valence-corrected chi connectivity index (χ0v) is 18.3. The number of ether oxygens (including phenoxy) is 1. The third-order valence-corrected chi connectivity index (χ3v) is 5.82. The second-order valence-corrected chi connectivity index (χ2v) is 9.29. The zero-order valence-electron chi connectivity index (χ0n) is 15.9. The summed E-state index contributed by atoms with van der Waals surface area (Å²) in [7, 11) is 0. The molecule has 0 aliphatic carbocycles. The quantitative estimate of drug-likeness (QED) is 0.527. The van der Waals surface area contributed by atoms with Crippen LogP contribution in [0.5, 0.6) is 5.75 Å². The molecule has 0 saturated heterocycles. The highest BCUT2D eigenvalue weighted by molar-refractivity contribution is 9.10. The number of amides is 1. The fraction of sp³-hybridized carbons (Fsp3) is 0.333. The van der Waals surface area contributed by atoms with Gasteiger partial charge in [0.25, 0.3) is 5.91 Å². The maximum absolute atomic E-state index is 12.2. The fourth-order valence-corrected chi connectivity index (χ4v) is 4.09. The number of halogens is 1. The number of thiazole rings is 1. The fourth-order valence-electron chi connectivity index (χ4n) is 2.62. The number of aryl methyl sites for hydroxylation is 1. The van der Waals surface area contributed by atoms with Gasteiger partial charge in [-0.2, -0.15) is 0 Å². The molecule has 3 aromatic rings. The van der Waals surface area contributed by atoms with Crippen molar-refractivity contribution < 1.29 is 9.53 Å². The minimum Gasteiger partial charge on any atom is -0.483 e. The maximum atomic E-state index is 12.2. The first-order chi connectivity index (χ1) is 12.8. The van der Waals surface area contributed by atoms with Gasteiger partial charge >= 0.3 is 0 Å². The van der Waals surface area contributed by atoms with Crippen LogP contribution in [-0.4, -0.2) is 17.5 Å². The Morgan fingerprint density at radius 2 is 2.00 bits per heavy atom. The molecule has 142 valence electrons. The van der Waals surface area contributed by atoms with Crippen LogP contribution in [0.1, 0.15) is 38.8 Å². The highest BCUT2D eigenvalue weighted by Gasteiger charge is 2.16. The van der Waals surface area contributed by atoms with Crippen LogP contribution in [0, 0.1) is 0 Å². The van der Waals surface area contributed by atoms with Crippen LogP contribution in [0.15, 0.2) is 40.9 Å². The van der Waals surface area contributed by atoms with Crippen molar-refractivity contribution in [2.75, 3.05) is 11.9 Å². The Hall–Kier alpha value is -1.92. The Bertz CT molecular complexity index is 976. The number of rotatable bonds is 5. The van der Waals surface area contributed by atoms with Crippen LogP contribution >= 0.6 is 27.3 Å². The van der Waals surface area contributed by atoms with Crippen molar-refractivity contribution in [3.05, 3.63) is 52.0 Å². The predicted molar refractivity (Wildman–Crippen MR) is 116 cm³/mol. The van der Waals surface area contributed by atoms with Gasteiger partial charge in [0, 0.05) is 0 Å². The van der Waals surface area contributed by atoms with Crippen LogP contribution in [-0.2, 0) is 16.6 Å². The minimum absolute atomic E-state index is 0.0623. The average molecular weight is 447 g/mol. The van der Waals surface area contributed by atoms with Crippen LogP contribution in [0.25, 0.3) is 10.2 Å². The van der Waals surface area contributed by atoms with Gasteiger partial charge in [-0.05, 0) is 63.2 Å². The molecule has 1 amide bonds. The number of anilines is 1. The number of aromatic nitrogens is 1. The summed E-state index contributed by atoms with van der Waals surface area (Å²) in [6.45, 7) is 8.58. The molecule has 0 aliphatic heterocycles. The van der Waals surface area contributed by atoms with E-state index in [1.165, 1.54) is 22.5 Å². The molecular formula is C21H23BrN2O2S. The van der Waals surface area contributed by atoms with Crippen molar-refractivity contribution in [2.24, 2.45) is 0 Å². The van der Waals surface area contributed by atoms with E-state index in [4.69, 9.17) is 4.74 Å². The van der Waals surface area contributed by atoms with Gasteiger partial charge in [-0.3, -0.25) is 10.1 Å². The van der Waals surface area contributed by atoms with Crippen molar-refractivity contribution in [3.63, 3.8) is 0 Å². The van der Waals surface area contributed by atoms with Gasteiger partial charge in [0.05, 0.1) is 14.7 Å². The summed E-state index contributed by atoms with van der Waals surface area (Å²) < 4.78 is 7.54. The maximum Gasteiger partial charge on any atom is 0.264 e. The first-order valence-electron chi connectivity index (χ1n) is 8.88. The Kier molecular flexibility index (Phi) is 5.86. The van der Waals surface area contributed by atoms with Gasteiger partial charge < -0.3 is 4.74 Å². The van der Waals surface area contributed by atoms with E-state index in [0.29, 0.717) is 10.9 Å². The summed E-state index contributed by atoms with van der Waals surface area (Å²) in [5.41, 5.74) is 3.43. The molecule has 6 heteroatoms. The highest BCUT2D eigenvalue weighted by atomic mass is 79.9. The van der Waals surface area contributed by atoms with Crippen LogP contribution in [0.2, 0.25) is 0 Å². The third-order valence-electron chi connectivity index (χ3n) is 4.26. The predicted octanol–water partition coefficient (Wildman–Crippen LogP) is 5.94. The second kappa shape index (κ2) is 7.98. The molecule has 1 N–H and O–H groups in total. The lowest BCUT2D eigenvalue weighted by Gasteiger charge is -2.18. The molecule has 0 radical (unpaired) electrons. The Labute approximate surface area is 172 Å². The molecule has 0 atom stereocenters. The second-order valence-electron chi connectivity index (χ2n) is 7.41. The van der Waals surface area contributed by atoms with Crippen molar-refractivity contribution in [3.8, 4) is 5.75 Å². The molecule has 2 aromatic carbocycles. The monoisotopic (exact) mass is 446 g/mol. The van der Waals surface area contributed by atoms with Gasteiger partial charge in [0.1, 0.15) is 5.75 Å². The molecular weight excluding hydrogens is 424 g/mol. The molecule has 0 aliphatic rings. The Balaban J connectivity index is 1.65. The largest absolute Gasteiger partial charge is 0.483 e. The number of fused-ring (bicyclic) bond motifs is 1. The van der Waals surface area contributed by atoms with Crippen LogP contribution < -0.4 is 10.1 Å². The SMILES string of the molecule is CCc1ccc(OCC(=O)Nc2nc3ccc(C(C)(C)C)cc3s2)c(Br)c1. The van der Waals surface area contributed by atoms with E-state index in [2.05, 4.69) is 66.1 Å². The number of nitrogens with one attached hydrogen (secondary N) is 1. The average Bonchev–Trinajstić information content (AvgIpc) is 3.01. The summed E-state index contributed by atoms with van der Waals surface area (Å²) in [4.78, 5) is 16.7. The van der Waals surface area contributed by atoms with E-state index in [0.717, 1.165) is 21.1 Å². The number of benzene rings is 2. The number of carbonyl (C=O) groups is 1. The highest BCUT2D eigenvalue weighted by Crippen LogP contribution is 2.31. The summed E-state index contributed by atoms with van der Waals surface area (Å²) in [6, 6.07) is 12.1. The van der Waals surface area contributed by atoms with E-state index >= 15 is 0 Å². The van der Waals surface area contributed by atoms with Gasteiger partial charge in [0.15, 0.2) is 11.7 Å². The standard InChI is InChI=1S/C21H23BrN2O2S/c1-5-13-6-9-17(15(22)10-13)26-12-19(25)24-20-23-16-8-7-14(21(2,3)4)11-18(16)27-20/h6-11H,5,12H2,1-4H3,(H,23,24,25). The summed E-state index contributed by atoms with van der Waals surface area (Å²) >= 11 is 4.96. The van der Waals surface area contributed by atoms with Crippen molar-refractivity contribution in [2.45, 2.75) is 39.5 Å². The first kappa shape index (κ1) is 19.8. The number of carbonyl (C=O) groups excluding carboxylic acids is 1. The van der Waals surface area contributed by atoms with Crippen LogP contribution in [0.3, 0.4) is 0 Å². The molecule has 0 saturated carbocycles. The molecule has 0 bridgehead atoms. The molecule has 4 nitrogen and oxygen atoms in total. The number of hydrogen-bond donors (Lipinski definition) is 1. The van der Waals surface area contributed by atoms with Gasteiger partial charge in [0.2, 0.25) is 0 Å². The molecule has 27 heavy (non-hydrogen) atoms. The van der Waals surface area contributed by atoms with Gasteiger partial charge in [-0.1, -0.05) is 51.2 Å². The molecule has 1 aromatic heterocycles. The molecule has 1 heterocycles. The molecule has 3 rings (SSSR count). The topological polar surface area (TPSA) is 51.2 Å². The van der Waals surface area contributed by atoms with Crippen molar-refractivity contribution >= 4 is 48.5 Å². The summed E-state index contributed by atoms with van der Waals surface area (Å²) in [5.74, 6) is 0.429. The van der Waals surface area contributed by atoms with E-state index in [1.54, 1.807) is 0 Å². The van der Waals surface area contributed by atoms with Crippen LogP contribution in [0.4, 0.5) is 5.13 Å². The van der Waals surface area contributed by atoms with E-state index in [9.17, 15) is 4.79 Å². The molecule has 0 fully saturated rings. The molecule has 0 spiro atoms. The normalized spacial score (nSPS) is 11.6. The smallest absolute Gasteiger partial charge is 0.264 e. The van der Waals surface area contributed by atoms with Gasteiger partial charge in [-0.25, -0.2) is 4.98 Å².